The fourth-order valence-electron chi connectivity index (χ4n) is 1.37. The van der Waals surface area contributed by atoms with Gasteiger partial charge in [-0.1, -0.05) is 27.0 Å². The van der Waals surface area contributed by atoms with Crippen LogP contribution in [0.2, 0.25) is 0 Å². The van der Waals surface area contributed by atoms with Gasteiger partial charge in [0.25, 0.3) is 0 Å². The van der Waals surface area contributed by atoms with Gasteiger partial charge in [0.2, 0.25) is 11.7 Å². The molecule has 0 aliphatic carbocycles. The Hall–Kier alpha value is -1.71. The molecule has 18 heavy (non-hydrogen) atoms. The van der Waals surface area contributed by atoms with Gasteiger partial charge in [-0.25, -0.2) is 4.39 Å². The van der Waals surface area contributed by atoms with Gasteiger partial charge in [0.1, 0.15) is 5.82 Å². The molecule has 1 aromatic heterocycles. The van der Waals surface area contributed by atoms with Crippen LogP contribution in [-0.4, -0.2) is 16.7 Å². The van der Waals surface area contributed by atoms with Gasteiger partial charge in [-0.2, -0.15) is 4.98 Å². The lowest BCUT2D eigenvalue weighted by atomic mass is 10.2. The summed E-state index contributed by atoms with van der Waals surface area (Å²) < 4.78 is 18.9. The predicted molar refractivity (Wildman–Crippen MR) is 67.9 cm³/mol. The largest absolute Gasteiger partial charge is 0.338 e. The summed E-state index contributed by atoms with van der Waals surface area (Å²) in [5.41, 5.74) is 0.550. The number of rotatable bonds is 4. The normalized spacial score (nSPS) is 10.3. The van der Waals surface area contributed by atoms with Gasteiger partial charge in [0.15, 0.2) is 0 Å². The Morgan fingerprint density at radius 2 is 2.28 bits per heavy atom. The third kappa shape index (κ3) is 3.15. The van der Waals surface area contributed by atoms with Gasteiger partial charge in [-0.05, 0) is 18.2 Å². The molecule has 0 saturated heterocycles. The number of terminal acetylenes is 1. The van der Waals surface area contributed by atoms with Gasteiger partial charge in [-0.15, -0.1) is 6.42 Å². The predicted octanol–water partition coefficient (Wildman–Crippen LogP) is 2.36. The maximum atomic E-state index is 13.2. The molecule has 6 heteroatoms. The van der Waals surface area contributed by atoms with Crippen LogP contribution in [-0.2, 0) is 6.54 Å². The average molecular weight is 310 g/mol. The molecule has 0 bridgehead atoms. The fourth-order valence-corrected chi connectivity index (χ4v) is 1.83. The number of benzene rings is 1. The van der Waals surface area contributed by atoms with Crippen LogP contribution in [0.15, 0.2) is 27.2 Å². The zero-order chi connectivity index (χ0) is 13.0. The summed E-state index contributed by atoms with van der Waals surface area (Å²) in [6.45, 7) is 0.802. The average Bonchev–Trinajstić information content (AvgIpc) is 2.77. The van der Waals surface area contributed by atoms with Crippen LogP contribution in [0.4, 0.5) is 4.39 Å². The minimum absolute atomic E-state index is 0.340. The van der Waals surface area contributed by atoms with E-state index in [1.165, 1.54) is 12.1 Å². The van der Waals surface area contributed by atoms with Crippen LogP contribution < -0.4 is 5.32 Å². The molecular formula is C12H9BrFN3O. The first kappa shape index (κ1) is 12.7. The van der Waals surface area contributed by atoms with Gasteiger partial charge in [-0.3, -0.25) is 5.32 Å². The van der Waals surface area contributed by atoms with E-state index in [-0.39, 0.29) is 5.82 Å². The first-order chi connectivity index (χ1) is 8.69. The molecule has 92 valence electrons. The summed E-state index contributed by atoms with van der Waals surface area (Å²) >= 11 is 3.21. The van der Waals surface area contributed by atoms with E-state index in [9.17, 15) is 4.39 Å². The quantitative estimate of drug-likeness (QED) is 0.696. The Bertz CT molecular complexity index is 571. The SMILES string of the molecule is C#CCNCc1nc(-c2cc(F)cc(Br)c2)no1. The van der Waals surface area contributed by atoms with Gasteiger partial charge in [0.05, 0.1) is 13.1 Å². The van der Waals surface area contributed by atoms with Crippen LogP contribution in [0.3, 0.4) is 0 Å². The maximum absolute atomic E-state index is 13.2. The monoisotopic (exact) mass is 309 g/mol. The van der Waals surface area contributed by atoms with Crippen molar-refractivity contribution >= 4 is 15.9 Å². The topological polar surface area (TPSA) is 51.0 Å². The summed E-state index contributed by atoms with van der Waals surface area (Å²) in [7, 11) is 0. The first-order valence-electron chi connectivity index (χ1n) is 5.12. The molecule has 0 aliphatic rings. The minimum atomic E-state index is -0.365. The molecule has 2 aromatic rings. The van der Waals surface area contributed by atoms with Crippen molar-refractivity contribution in [2.75, 3.05) is 6.54 Å². The van der Waals surface area contributed by atoms with E-state index >= 15 is 0 Å². The number of aromatic nitrogens is 2. The highest BCUT2D eigenvalue weighted by Gasteiger charge is 2.09. The van der Waals surface area contributed by atoms with Crippen molar-refractivity contribution in [2.24, 2.45) is 0 Å². The molecule has 0 saturated carbocycles. The molecule has 1 aromatic carbocycles. The van der Waals surface area contributed by atoms with E-state index in [0.29, 0.717) is 34.8 Å². The Balaban J connectivity index is 2.16. The lowest BCUT2D eigenvalue weighted by molar-refractivity contribution is 0.370. The van der Waals surface area contributed by atoms with Crippen molar-refractivity contribution in [3.05, 3.63) is 34.4 Å². The maximum Gasteiger partial charge on any atom is 0.240 e. The van der Waals surface area contributed by atoms with Crippen molar-refractivity contribution in [3.8, 4) is 23.7 Å². The van der Waals surface area contributed by atoms with Crippen molar-refractivity contribution in [1.29, 1.82) is 0 Å². The van der Waals surface area contributed by atoms with Crippen LogP contribution in [0.1, 0.15) is 5.89 Å². The molecule has 0 radical (unpaired) electrons. The fraction of sp³-hybridized carbons (Fsp3) is 0.167. The van der Waals surface area contributed by atoms with Gasteiger partial charge < -0.3 is 4.52 Å². The van der Waals surface area contributed by atoms with Crippen LogP contribution >= 0.6 is 15.9 Å². The molecule has 0 spiro atoms. The van der Waals surface area contributed by atoms with Gasteiger partial charge >= 0.3 is 0 Å². The van der Waals surface area contributed by atoms with Crippen molar-refractivity contribution < 1.29 is 8.91 Å². The van der Waals surface area contributed by atoms with E-state index in [2.05, 4.69) is 37.3 Å². The molecule has 0 fully saturated rings. The minimum Gasteiger partial charge on any atom is -0.338 e. The smallest absolute Gasteiger partial charge is 0.240 e. The van der Waals surface area contributed by atoms with E-state index < -0.39 is 0 Å². The number of nitrogens with one attached hydrogen (secondary N) is 1. The Labute approximate surface area is 112 Å². The van der Waals surface area contributed by atoms with E-state index in [0.717, 1.165) is 0 Å². The highest BCUT2D eigenvalue weighted by molar-refractivity contribution is 9.10. The molecule has 0 aliphatic heterocycles. The summed E-state index contributed by atoms with van der Waals surface area (Å²) in [4.78, 5) is 4.14. The van der Waals surface area contributed by atoms with E-state index in [1.807, 2.05) is 0 Å². The zero-order valence-electron chi connectivity index (χ0n) is 9.28. The molecular weight excluding hydrogens is 301 g/mol. The summed E-state index contributed by atoms with van der Waals surface area (Å²) in [5, 5.41) is 6.71. The Morgan fingerprint density at radius 3 is 3.00 bits per heavy atom. The molecule has 1 N–H and O–H groups in total. The highest BCUT2D eigenvalue weighted by Crippen LogP contribution is 2.22. The van der Waals surface area contributed by atoms with Crippen LogP contribution in [0, 0.1) is 18.2 Å². The second kappa shape index (κ2) is 5.76. The number of hydrogen-bond acceptors (Lipinski definition) is 4. The van der Waals surface area contributed by atoms with E-state index in [4.69, 9.17) is 10.9 Å². The molecule has 4 nitrogen and oxygen atoms in total. The van der Waals surface area contributed by atoms with Gasteiger partial charge in [0, 0.05) is 10.0 Å². The third-order valence-corrected chi connectivity index (χ3v) is 2.55. The van der Waals surface area contributed by atoms with Crippen LogP contribution in [0.25, 0.3) is 11.4 Å². The molecule has 0 unspecified atom stereocenters. The van der Waals surface area contributed by atoms with Crippen LogP contribution in [0.5, 0.6) is 0 Å². The molecule has 1 heterocycles. The molecule has 0 atom stereocenters. The van der Waals surface area contributed by atoms with Crippen molar-refractivity contribution in [1.82, 2.24) is 15.5 Å². The highest BCUT2D eigenvalue weighted by atomic mass is 79.9. The number of nitrogens with zero attached hydrogens (tertiary/aromatic N) is 2. The van der Waals surface area contributed by atoms with E-state index in [1.54, 1.807) is 6.07 Å². The lowest BCUT2D eigenvalue weighted by Crippen LogP contribution is -2.13. The Kier molecular flexibility index (Phi) is 4.07. The number of halogens is 2. The number of hydrogen-bond donors (Lipinski definition) is 1. The van der Waals surface area contributed by atoms with Crippen molar-refractivity contribution in [3.63, 3.8) is 0 Å². The second-order valence-electron chi connectivity index (χ2n) is 3.48. The second-order valence-corrected chi connectivity index (χ2v) is 4.39. The molecule has 2 rings (SSSR count). The zero-order valence-corrected chi connectivity index (χ0v) is 10.9. The lowest BCUT2D eigenvalue weighted by Gasteiger charge is -1.96. The standard InChI is InChI=1S/C12H9BrFN3O/c1-2-3-15-7-11-16-12(17-18-11)8-4-9(13)6-10(14)5-8/h1,4-6,15H,3,7H2. The Morgan fingerprint density at radius 1 is 1.44 bits per heavy atom. The third-order valence-electron chi connectivity index (χ3n) is 2.09. The molecule has 0 amide bonds. The summed E-state index contributed by atoms with van der Waals surface area (Å²) in [6.07, 6.45) is 5.10. The first-order valence-corrected chi connectivity index (χ1v) is 5.91. The summed E-state index contributed by atoms with van der Waals surface area (Å²) in [6, 6.07) is 4.42. The van der Waals surface area contributed by atoms with Crippen molar-refractivity contribution in [2.45, 2.75) is 6.54 Å². The summed E-state index contributed by atoms with van der Waals surface area (Å²) in [5.74, 6) is 2.81.